The molecule has 5 heterocycles. The van der Waals surface area contributed by atoms with Gasteiger partial charge in [0.1, 0.15) is 11.7 Å². The monoisotopic (exact) mass is 496 g/mol. The normalized spacial score (nSPS) is 21.4. The molecule has 1 atom stereocenters. The predicted octanol–water partition coefficient (Wildman–Crippen LogP) is 5.07. The smallest absolute Gasteiger partial charge is 0.245 e. The van der Waals surface area contributed by atoms with Crippen LogP contribution in [0.3, 0.4) is 0 Å². The molecule has 0 saturated carbocycles. The number of carbonyl (C=O) groups excluding carboxylic acids is 1. The van der Waals surface area contributed by atoms with Gasteiger partial charge in [0, 0.05) is 37.3 Å². The van der Waals surface area contributed by atoms with E-state index in [4.69, 9.17) is 16.1 Å². The van der Waals surface area contributed by atoms with E-state index >= 15 is 0 Å². The molecule has 1 unspecified atom stereocenters. The highest BCUT2D eigenvalue weighted by molar-refractivity contribution is 7.19. The summed E-state index contributed by atoms with van der Waals surface area (Å²) in [7, 11) is 0. The number of fused-ring (bicyclic) bond motifs is 1. The zero-order valence-electron chi connectivity index (χ0n) is 19.2. The van der Waals surface area contributed by atoms with E-state index in [0.29, 0.717) is 18.3 Å². The Morgan fingerprint density at radius 2 is 1.88 bits per heavy atom. The van der Waals surface area contributed by atoms with Crippen LogP contribution in [0.4, 0.5) is 5.69 Å². The molecule has 1 amide bonds. The van der Waals surface area contributed by atoms with E-state index in [1.165, 1.54) is 42.8 Å². The number of rotatable bonds is 5. The number of hydrogen-bond acceptors (Lipinski definition) is 6. The number of anilines is 1. The fourth-order valence-corrected chi connectivity index (χ4v) is 6.75. The van der Waals surface area contributed by atoms with Crippen molar-refractivity contribution in [3.05, 3.63) is 58.1 Å². The molecule has 8 heteroatoms. The minimum atomic E-state index is -0.197. The standard InChI is InChI=1S/C26H29ClN4O2S/c27-25-8-7-24(34-25)23-16-19(28-33-23)17-31-21-6-2-1-5-18(21)15-22(31)26(32)30-13-9-20(10-14-30)29-11-3-4-12-29/h1-2,5-8,16,20,22H,3-4,9-15,17H2. The minimum absolute atomic E-state index is 0.197. The van der Waals surface area contributed by atoms with Crippen molar-refractivity contribution in [3.8, 4) is 10.6 Å². The molecule has 0 aliphatic carbocycles. The van der Waals surface area contributed by atoms with E-state index in [2.05, 4.69) is 38.1 Å². The zero-order chi connectivity index (χ0) is 23.1. The second-order valence-electron chi connectivity index (χ2n) is 9.56. The van der Waals surface area contributed by atoms with Gasteiger partial charge in [0.25, 0.3) is 0 Å². The van der Waals surface area contributed by atoms with Gasteiger partial charge in [0.05, 0.1) is 15.8 Å². The molecule has 0 spiro atoms. The number of nitrogens with zero attached hydrogens (tertiary/aromatic N) is 4. The van der Waals surface area contributed by atoms with Gasteiger partial charge in [0.2, 0.25) is 5.91 Å². The Bertz CT molecular complexity index is 1160. The van der Waals surface area contributed by atoms with Crippen LogP contribution in [-0.4, -0.2) is 59.1 Å². The highest BCUT2D eigenvalue weighted by Gasteiger charge is 2.38. The van der Waals surface area contributed by atoms with Crippen LogP contribution in [0, 0.1) is 0 Å². The summed E-state index contributed by atoms with van der Waals surface area (Å²) in [5, 5.41) is 4.32. The number of aromatic nitrogens is 1. The molecule has 0 bridgehead atoms. The fourth-order valence-electron chi connectivity index (χ4n) is 5.76. The third-order valence-corrected chi connectivity index (χ3v) is 8.76. The summed E-state index contributed by atoms with van der Waals surface area (Å²) in [5.41, 5.74) is 3.17. The molecule has 0 N–H and O–H groups in total. The van der Waals surface area contributed by atoms with Crippen molar-refractivity contribution in [2.75, 3.05) is 31.1 Å². The topological polar surface area (TPSA) is 52.8 Å². The molecule has 6 nitrogen and oxygen atoms in total. The maximum atomic E-state index is 13.7. The Balaban J connectivity index is 1.18. The number of piperidine rings is 1. The quantitative estimate of drug-likeness (QED) is 0.493. The van der Waals surface area contributed by atoms with Crippen LogP contribution in [0.2, 0.25) is 4.34 Å². The van der Waals surface area contributed by atoms with E-state index in [0.717, 1.165) is 52.9 Å². The van der Waals surface area contributed by atoms with Crippen LogP contribution in [0.5, 0.6) is 0 Å². The number of para-hydroxylation sites is 1. The van der Waals surface area contributed by atoms with E-state index in [9.17, 15) is 4.79 Å². The highest BCUT2D eigenvalue weighted by Crippen LogP contribution is 2.36. The summed E-state index contributed by atoms with van der Waals surface area (Å²) in [6, 6.07) is 14.6. The predicted molar refractivity (Wildman–Crippen MR) is 135 cm³/mol. The van der Waals surface area contributed by atoms with Crippen LogP contribution < -0.4 is 4.90 Å². The van der Waals surface area contributed by atoms with Gasteiger partial charge in [-0.3, -0.25) is 4.79 Å². The number of amides is 1. The molecule has 3 aliphatic heterocycles. The molecule has 0 radical (unpaired) electrons. The molecule has 178 valence electrons. The highest BCUT2D eigenvalue weighted by atomic mass is 35.5. The van der Waals surface area contributed by atoms with Gasteiger partial charge < -0.3 is 19.2 Å². The van der Waals surface area contributed by atoms with Crippen molar-refractivity contribution in [1.82, 2.24) is 15.0 Å². The lowest BCUT2D eigenvalue weighted by atomic mass is 10.0. The average Bonchev–Trinajstić information content (AvgIpc) is 3.66. The second-order valence-corrected chi connectivity index (χ2v) is 11.3. The van der Waals surface area contributed by atoms with Crippen LogP contribution in [0.25, 0.3) is 10.6 Å². The van der Waals surface area contributed by atoms with E-state index in [1.54, 1.807) is 0 Å². The van der Waals surface area contributed by atoms with Crippen LogP contribution in [0.15, 0.2) is 47.0 Å². The number of halogens is 1. The fraction of sp³-hybridized carbons (Fsp3) is 0.462. The molecular formula is C26H29ClN4O2S. The van der Waals surface area contributed by atoms with E-state index < -0.39 is 0 Å². The van der Waals surface area contributed by atoms with Gasteiger partial charge in [-0.1, -0.05) is 35.0 Å². The summed E-state index contributed by atoms with van der Waals surface area (Å²) >= 11 is 7.56. The molecular weight excluding hydrogens is 468 g/mol. The second kappa shape index (κ2) is 9.36. The summed E-state index contributed by atoms with van der Waals surface area (Å²) in [6.45, 7) is 4.70. The van der Waals surface area contributed by atoms with Gasteiger partial charge in [0.15, 0.2) is 5.76 Å². The number of benzene rings is 1. The van der Waals surface area contributed by atoms with Crippen molar-refractivity contribution in [3.63, 3.8) is 0 Å². The molecule has 34 heavy (non-hydrogen) atoms. The van der Waals surface area contributed by atoms with Crippen LogP contribution >= 0.6 is 22.9 Å². The first kappa shape index (κ1) is 22.1. The summed E-state index contributed by atoms with van der Waals surface area (Å²) in [5.74, 6) is 0.955. The van der Waals surface area contributed by atoms with Crippen molar-refractivity contribution in [2.24, 2.45) is 0 Å². The SMILES string of the molecule is O=C(C1Cc2ccccc2N1Cc1cc(-c2ccc(Cl)s2)on1)N1CCC(N2CCCC2)CC1. The summed E-state index contributed by atoms with van der Waals surface area (Å²) in [4.78, 5) is 21.6. The maximum Gasteiger partial charge on any atom is 0.245 e. The Morgan fingerprint density at radius 3 is 2.65 bits per heavy atom. The van der Waals surface area contributed by atoms with Crippen molar-refractivity contribution >= 4 is 34.5 Å². The van der Waals surface area contributed by atoms with Gasteiger partial charge in [-0.15, -0.1) is 11.3 Å². The molecule has 2 saturated heterocycles. The van der Waals surface area contributed by atoms with Crippen molar-refractivity contribution < 1.29 is 9.32 Å². The minimum Gasteiger partial charge on any atom is -0.355 e. The molecule has 2 aromatic heterocycles. The Kier molecular flexibility index (Phi) is 6.09. The Labute approximate surface area is 209 Å². The largest absolute Gasteiger partial charge is 0.355 e. The molecule has 3 aliphatic rings. The lowest BCUT2D eigenvalue weighted by Crippen LogP contribution is -2.52. The molecule has 6 rings (SSSR count). The Hall–Kier alpha value is -2.35. The summed E-state index contributed by atoms with van der Waals surface area (Å²) in [6.07, 6.45) is 5.55. The first-order chi connectivity index (χ1) is 16.7. The summed E-state index contributed by atoms with van der Waals surface area (Å²) < 4.78 is 6.33. The van der Waals surface area contributed by atoms with E-state index in [1.807, 2.05) is 24.3 Å². The number of carbonyl (C=O) groups is 1. The Morgan fingerprint density at radius 1 is 1.09 bits per heavy atom. The lowest BCUT2D eigenvalue weighted by Gasteiger charge is -2.39. The third kappa shape index (κ3) is 4.25. The van der Waals surface area contributed by atoms with Gasteiger partial charge in [-0.25, -0.2) is 0 Å². The molecule has 1 aromatic carbocycles. The molecule has 3 aromatic rings. The maximum absolute atomic E-state index is 13.7. The van der Waals surface area contributed by atoms with Crippen molar-refractivity contribution in [2.45, 2.75) is 50.7 Å². The number of thiophene rings is 1. The van der Waals surface area contributed by atoms with Crippen molar-refractivity contribution in [1.29, 1.82) is 0 Å². The van der Waals surface area contributed by atoms with E-state index in [-0.39, 0.29) is 11.9 Å². The first-order valence-electron chi connectivity index (χ1n) is 12.2. The zero-order valence-corrected chi connectivity index (χ0v) is 20.7. The van der Waals surface area contributed by atoms with Gasteiger partial charge >= 0.3 is 0 Å². The average molecular weight is 497 g/mol. The third-order valence-electron chi connectivity index (χ3n) is 7.52. The molecule has 2 fully saturated rings. The van der Waals surface area contributed by atoms with Crippen LogP contribution in [0.1, 0.15) is 36.9 Å². The lowest BCUT2D eigenvalue weighted by molar-refractivity contribution is -0.134. The first-order valence-corrected chi connectivity index (χ1v) is 13.4. The van der Waals surface area contributed by atoms with Gasteiger partial charge in [-0.05, 0) is 62.5 Å². The van der Waals surface area contributed by atoms with Gasteiger partial charge in [-0.2, -0.15) is 0 Å². The van der Waals surface area contributed by atoms with Crippen LogP contribution in [-0.2, 0) is 17.8 Å². The number of hydrogen-bond donors (Lipinski definition) is 0. The number of likely N-dealkylation sites (tertiary alicyclic amines) is 2.